The number of anilines is 1. The first-order chi connectivity index (χ1) is 10.7. The van der Waals surface area contributed by atoms with Crippen LogP contribution in [0.1, 0.15) is 6.42 Å². The molecular weight excluding hydrogens is 280 g/mol. The number of hydrogen-bond donors (Lipinski definition) is 1. The van der Waals surface area contributed by atoms with Crippen LogP contribution >= 0.6 is 0 Å². The van der Waals surface area contributed by atoms with Crippen molar-refractivity contribution in [3.63, 3.8) is 0 Å². The highest BCUT2D eigenvalue weighted by molar-refractivity contribution is 5.67. The Morgan fingerprint density at radius 2 is 1.86 bits per heavy atom. The zero-order valence-electron chi connectivity index (χ0n) is 12.0. The summed E-state index contributed by atoms with van der Waals surface area (Å²) < 4.78 is 0. The number of carbonyl (C=O) groups is 1. The summed E-state index contributed by atoms with van der Waals surface area (Å²) in [6.07, 6.45) is 0.0617. The van der Waals surface area contributed by atoms with Crippen molar-refractivity contribution in [3.8, 4) is 11.3 Å². The van der Waals surface area contributed by atoms with Crippen LogP contribution < -0.4 is 4.90 Å². The monoisotopic (exact) mass is 296 g/mol. The van der Waals surface area contributed by atoms with Crippen LogP contribution in [0.3, 0.4) is 0 Å². The maximum atomic E-state index is 11.1. The lowest BCUT2D eigenvalue weighted by Gasteiger charge is -2.33. The smallest absolute Gasteiger partial charge is 0.407 e. The largest absolute Gasteiger partial charge is 0.465 e. The minimum atomic E-state index is -0.822. The van der Waals surface area contributed by atoms with Crippen LogP contribution in [0.2, 0.25) is 0 Å². The molecule has 2 aliphatic heterocycles. The van der Waals surface area contributed by atoms with Gasteiger partial charge in [-0.2, -0.15) is 0 Å². The summed E-state index contributed by atoms with van der Waals surface area (Å²) in [5, 5.41) is 17.8. The van der Waals surface area contributed by atoms with Crippen molar-refractivity contribution in [2.24, 2.45) is 0 Å². The molecule has 0 aliphatic carbocycles. The molecule has 0 spiro atoms. The summed E-state index contributed by atoms with van der Waals surface area (Å²) in [7, 11) is 0. The number of benzene rings is 1. The van der Waals surface area contributed by atoms with E-state index in [2.05, 4.69) is 15.1 Å². The molecule has 3 heterocycles. The highest BCUT2D eigenvalue weighted by atomic mass is 16.4. The molecule has 2 bridgehead atoms. The van der Waals surface area contributed by atoms with E-state index in [9.17, 15) is 4.79 Å². The third-order valence-electron chi connectivity index (χ3n) is 4.50. The lowest BCUT2D eigenvalue weighted by molar-refractivity contribution is 0.137. The number of aromatic nitrogens is 2. The van der Waals surface area contributed by atoms with E-state index in [1.807, 2.05) is 42.5 Å². The van der Waals surface area contributed by atoms with Crippen molar-refractivity contribution in [1.82, 2.24) is 15.1 Å². The van der Waals surface area contributed by atoms with Crippen LogP contribution in [0, 0.1) is 0 Å². The van der Waals surface area contributed by atoms with Gasteiger partial charge in [-0.15, -0.1) is 10.2 Å². The first-order valence-corrected chi connectivity index (χ1v) is 7.38. The molecule has 2 unspecified atom stereocenters. The van der Waals surface area contributed by atoms with Crippen molar-refractivity contribution in [2.45, 2.75) is 18.5 Å². The summed E-state index contributed by atoms with van der Waals surface area (Å²) >= 11 is 0. The number of carboxylic acid groups (broad SMARTS) is 1. The number of hydrogen-bond acceptors (Lipinski definition) is 4. The van der Waals surface area contributed by atoms with E-state index in [0.29, 0.717) is 13.1 Å². The number of nitrogens with zero attached hydrogens (tertiary/aromatic N) is 4. The number of fused-ring (bicyclic) bond motifs is 2. The summed E-state index contributed by atoms with van der Waals surface area (Å²) in [6, 6.07) is 14.2. The Morgan fingerprint density at radius 3 is 2.45 bits per heavy atom. The summed E-state index contributed by atoms with van der Waals surface area (Å²) in [5.74, 6) is 0.831. The molecule has 0 radical (unpaired) electrons. The molecular formula is C16H16N4O2. The Balaban J connectivity index is 1.53. The van der Waals surface area contributed by atoms with Crippen LogP contribution in [-0.4, -0.2) is 51.5 Å². The second kappa shape index (κ2) is 4.98. The van der Waals surface area contributed by atoms with E-state index in [-0.39, 0.29) is 12.1 Å². The van der Waals surface area contributed by atoms with Crippen molar-refractivity contribution in [1.29, 1.82) is 0 Å². The van der Waals surface area contributed by atoms with Gasteiger partial charge < -0.3 is 14.9 Å². The van der Waals surface area contributed by atoms with E-state index >= 15 is 0 Å². The van der Waals surface area contributed by atoms with Crippen LogP contribution in [-0.2, 0) is 0 Å². The highest BCUT2D eigenvalue weighted by Gasteiger charge is 2.45. The predicted octanol–water partition coefficient (Wildman–Crippen LogP) is 2.08. The van der Waals surface area contributed by atoms with E-state index < -0.39 is 6.09 Å². The fraction of sp³-hybridized carbons (Fsp3) is 0.312. The van der Waals surface area contributed by atoms with Gasteiger partial charge in [0.15, 0.2) is 5.82 Å². The van der Waals surface area contributed by atoms with Gasteiger partial charge in [0, 0.05) is 18.7 Å². The third kappa shape index (κ3) is 2.07. The molecule has 1 aromatic carbocycles. The first-order valence-electron chi connectivity index (χ1n) is 7.38. The SMILES string of the molecule is O=C(O)N1CC2CC1CN2c1ccc(-c2ccccc2)nn1. The highest BCUT2D eigenvalue weighted by Crippen LogP contribution is 2.33. The Bertz CT molecular complexity index is 689. The predicted molar refractivity (Wildman–Crippen MR) is 81.7 cm³/mol. The van der Waals surface area contributed by atoms with Crippen molar-refractivity contribution < 1.29 is 9.90 Å². The third-order valence-corrected chi connectivity index (χ3v) is 4.50. The Morgan fingerprint density at radius 1 is 1.05 bits per heavy atom. The van der Waals surface area contributed by atoms with Gasteiger partial charge in [0.1, 0.15) is 0 Å². The van der Waals surface area contributed by atoms with Crippen molar-refractivity contribution >= 4 is 11.9 Å². The molecule has 2 saturated heterocycles. The Hall–Kier alpha value is -2.63. The molecule has 6 heteroatoms. The van der Waals surface area contributed by atoms with Gasteiger partial charge in [-0.25, -0.2) is 4.79 Å². The molecule has 2 aromatic rings. The van der Waals surface area contributed by atoms with Crippen LogP contribution in [0.4, 0.5) is 10.6 Å². The summed E-state index contributed by atoms with van der Waals surface area (Å²) in [6.45, 7) is 1.26. The van der Waals surface area contributed by atoms with Gasteiger partial charge in [0.2, 0.25) is 0 Å². The number of likely N-dealkylation sites (tertiary alicyclic amines) is 1. The second-order valence-electron chi connectivity index (χ2n) is 5.77. The van der Waals surface area contributed by atoms with Crippen LogP contribution in [0.25, 0.3) is 11.3 Å². The van der Waals surface area contributed by atoms with Gasteiger partial charge in [0.05, 0.1) is 17.8 Å². The van der Waals surface area contributed by atoms with E-state index in [0.717, 1.165) is 23.5 Å². The molecule has 1 N–H and O–H groups in total. The number of amides is 1. The first kappa shape index (κ1) is 13.1. The van der Waals surface area contributed by atoms with Crippen molar-refractivity contribution in [3.05, 3.63) is 42.5 Å². The van der Waals surface area contributed by atoms with Gasteiger partial charge in [-0.3, -0.25) is 0 Å². The lowest BCUT2D eigenvalue weighted by atomic mass is 10.1. The molecule has 2 fully saturated rings. The van der Waals surface area contributed by atoms with Crippen molar-refractivity contribution in [2.75, 3.05) is 18.0 Å². The molecule has 2 aliphatic rings. The average Bonchev–Trinajstić information content (AvgIpc) is 3.16. The minimum absolute atomic E-state index is 0.0816. The van der Waals surface area contributed by atoms with E-state index in [4.69, 9.17) is 5.11 Å². The van der Waals surface area contributed by atoms with Crippen LogP contribution in [0.5, 0.6) is 0 Å². The minimum Gasteiger partial charge on any atom is -0.465 e. The molecule has 2 atom stereocenters. The van der Waals surface area contributed by atoms with E-state index in [1.165, 1.54) is 4.90 Å². The van der Waals surface area contributed by atoms with E-state index in [1.54, 1.807) is 0 Å². The lowest BCUT2D eigenvalue weighted by Crippen LogP contribution is -2.48. The topological polar surface area (TPSA) is 69.6 Å². The zero-order chi connectivity index (χ0) is 15.1. The van der Waals surface area contributed by atoms with Gasteiger partial charge in [0.25, 0.3) is 0 Å². The number of piperazine rings is 1. The molecule has 1 amide bonds. The molecule has 1 aromatic heterocycles. The Labute approximate surface area is 128 Å². The van der Waals surface area contributed by atoms with Gasteiger partial charge >= 0.3 is 6.09 Å². The fourth-order valence-corrected chi connectivity index (χ4v) is 3.42. The summed E-state index contributed by atoms with van der Waals surface area (Å²) in [4.78, 5) is 14.8. The molecule has 0 saturated carbocycles. The zero-order valence-corrected chi connectivity index (χ0v) is 12.0. The summed E-state index contributed by atoms with van der Waals surface area (Å²) in [5.41, 5.74) is 1.89. The quantitative estimate of drug-likeness (QED) is 0.919. The molecule has 4 rings (SSSR count). The Kier molecular flexibility index (Phi) is 2.96. The second-order valence-corrected chi connectivity index (χ2v) is 5.77. The normalized spacial score (nSPS) is 23.1. The fourth-order valence-electron chi connectivity index (χ4n) is 3.42. The maximum Gasteiger partial charge on any atom is 0.407 e. The molecule has 112 valence electrons. The van der Waals surface area contributed by atoms with Gasteiger partial charge in [-0.05, 0) is 18.6 Å². The maximum absolute atomic E-state index is 11.1. The molecule has 6 nitrogen and oxygen atoms in total. The number of rotatable bonds is 2. The van der Waals surface area contributed by atoms with Gasteiger partial charge in [-0.1, -0.05) is 30.3 Å². The van der Waals surface area contributed by atoms with Crippen LogP contribution in [0.15, 0.2) is 42.5 Å². The standard InChI is InChI=1S/C16H16N4O2/c21-16(22)20-10-12-8-13(20)9-19(12)15-7-6-14(17-18-15)11-4-2-1-3-5-11/h1-7,12-13H,8-10H2,(H,21,22). The molecule has 22 heavy (non-hydrogen) atoms. The average molecular weight is 296 g/mol.